The van der Waals surface area contributed by atoms with Crippen molar-refractivity contribution in [1.82, 2.24) is 10.2 Å². The lowest BCUT2D eigenvalue weighted by Gasteiger charge is -2.33. The van der Waals surface area contributed by atoms with Gasteiger partial charge in [-0.15, -0.1) is 0 Å². The molecule has 0 saturated carbocycles. The Kier molecular flexibility index (Phi) is 4.04. The van der Waals surface area contributed by atoms with Crippen LogP contribution in [0, 0.1) is 0 Å². The number of piperazine rings is 1. The Bertz CT molecular complexity index is 579. The maximum atomic E-state index is 12.3. The van der Waals surface area contributed by atoms with E-state index in [0.717, 1.165) is 24.3 Å². The molecule has 0 radical (unpaired) electrons. The molecule has 2 saturated heterocycles. The second kappa shape index (κ2) is 5.67. The second-order valence-electron chi connectivity index (χ2n) is 5.68. The van der Waals surface area contributed by atoms with E-state index in [0.29, 0.717) is 16.6 Å². The first-order valence-corrected chi connectivity index (χ1v) is 7.84. The van der Waals surface area contributed by atoms with Gasteiger partial charge in [0.1, 0.15) is 5.75 Å². The van der Waals surface area contributed by atoms with Gasteiger partial charge in [0, 0.05) is 30.6 Å². The van der Waals surface area contributed by atoms with E-state index < -0.39 is 0 Å². The van der Waals surface area contributed by atoms with Crippen LogP contribution in [0.1, 0.15) is 24.8 Å². The van der Waals surface area contributed by atoms with Crippen LogP contribution in [-0.4, -0.2) is 43.1 Å². The fourth-order valence-corrected chi connectivity index (χ4v) is 3.82. The second-order valence-corrected chi connectivity index (χ2v) is 6.47. The zero-order valence-corrected chi connectivity index (χ0v) is 13.5. The molecular formula is C15H18Cl2N2O2. The Morgan fingerprint density at radius 3 is 2.86 bits per heavy atom. The molecule has 1 N–H and O–H groups in total. The monoisotopic (exact) mass is 328 g/mol. The van der Waals surface area contributed by atoms with Crippen molar-refractivity contribution in [3.63, 3.8) is 0 Å². The lowest BCUT2D eigenvalue weighted by molar-refractivity contribution is -0.136. The maximum absolute atomic E-state index is 12.3. The van der Waals surface area contributed by atoms with Crippen LogP contribution < -0.4 is 10.1 Å². The minimum Gasteiger partial charge on any atom is -0.496 e. The third kappa shape index (κ3) is 2.50. The first-order chi connectivity index (χ1) is 10.0. The number of carbonyl (C=O) groups is 1. The normalized spacial score (nSPS) is 28.7. The Morgan fingerprint density at radius 2 is 2.14 bits per heavy atom. The van der Waals surface area contributed by atoms with E-state index in [9.17, 15) is 4.79 Å². The Morgan fingerprint density at radius 1 is 1.38 bits per heavy atom. The standard InChI is InChI=1S/C15H18Cl2N2O2/c1-8-15(20)19-7-9(5-10(19)6-18-8)13-12(21-2)4-3-11(16)14(13)17/h3-4,8-10,18H,5-7H2,1-2H3/t8-,9-,10-/m0/s1. The molecule has 2 heterocycles. The summed E-state index contributed by atoms with van der Waals surface area (Å²) in [4.78, 5) is 14.2. The van der Waals surface area contributed by atoms with Gasteiger partial charge in [-0.25, -0.2) is 0 Å². The van der Waals surface area contributed by atoms with Crippen LogP contribution in [0.3, 0.4) is 0 Å². The predicted octanol–water partition coefficient (Wildman–Crippen LogP) is 2.68. The van der Waals surface area contributed by atoms with E-state index in [1.54, 1.807) is 13.2 Å². The van der Waals surface area contributed by atoms with Crippen LogP contribution in [0.25, 0.3) is 0 Å². The molecule has 6 heteroatoms. The van der Waals surface area contributed by atoms with Crippen LogP contribution in [0.15, 0.2) is 12.1 Å². The van der Waals surface area contributed by atoms with Crippen molar-refractivity contribution in [1.29, 1.82) is 0 Å². The van der Waals surface area contributed by atoms with Gasteiger partial charge in [0.05, 0.1) is 23.2 Å². The number of amides is 1. The first kappa shape index (κ1) is 14.9. The van der Waals surface area contributed by atoms with Crippen LogP contribution in [-0.2, 0) is 4.79 Å². The number of ether oxygens (including phenoxy) is 1. The Labute approximate surface area is 134 Å². The lowest BCUT2D eigenvalue weighted by Crippen LogP contribution is -2.56. The van der Waals surface area contributed by atoms with E-state index in [1.165, 1.54) is 0 Å². The van der Waals surface area contributed by atoms with Crippen molar-refractivity contribution in [3.05, 3.63) is 27.7 Å². The number of fused-ring (bicyclic) bond motifs is 1. The van der Waals surface area contributed by atoms with Crippen molar-refractivity contribution in [2.24, 2.45) is 0 Å². The predicted molar refractivity (Wildman–Crippen MR) is 83.3 cm³/mol. The molecule has 1 aromatic carbocycles. The topological polar surface area (TPSA) is 41.6 Å². The summed E-state index contributed by atoms with van der Waals surface area (Å²) in [7, 11) is 1.63. The number of benzene rings is 1. The quantitative estimate of drug-likeness (QED) is 0.907. The molecule has 114 valence electrons. The number of halogens is 2. The molecule has 0 unspecified atom stereocenters. The highest BCUT2D eigenvalue weighted by molar-refractivity contribution is 6.42. The molecule has 2 aliphatic rings. The van der Waals surface area contributed by atoms with E-state index in [4.69, 9.17) is 27.9 Å². The van der Waals surface area contributed by atoms with Gasteiger partial charge in [-0.2, -0.15) is 0 Å². The number of nitrogens with zero attached hydrogens (tertiary/aromatic N) is 1. The molecule has 3 atom stereocenters. The van der Waals surface area contributed by atoms with E-state index >= 15 is 0 Å². The van der Waals surface area contributed by atoms with Gasteiger partial charge in [0.15, 0.2) is 0 Å². The van der Waals surface area contributed by atoms with Gasteiger partial charge in [0.2, 0.25) is 5.91 Å². The van der Waals surface area contributed by atoms with Crippen molar-refractivity contribution < 1.29 is 9.53 Å². The van der Waals surface area contributed by atoms with Crippen molar-refractivity contribution in [2.45, 2.75) is 31.3 Å². The summed E-state index contributed by atoms with van der Waals surface area (Å²) in [6.45, 7) is 3.40. The molecule has 2 fully saturated rings. The number of rotatable bonds is 2. The first-order valence-electron chi connectivity index (χ1n) is 7.08. The van der Waals surface area contributed by atoms with Crippen LogP contribution in [0.5, 0.6) is 5.75 Å². The van der Waals surface area contributed by atoms with Gasteiger partial charge in [-0.05, 0) is 25.5 Å². The summed E-state index contributed by atoms with van der Waals surface area (Å²) in [5, 5.41) is 4.31. The summed E-state index contributed by atoms with van der Waals surface area (Å²) in [5.74, 6) is 1.06. The number of carbonyl (C=O) groups excluding carboxylic acids is 1. The Balaban J connectivity index is 1.93. The van der Waals surface area contributed by atoms with Gasteiger partial charge in [-0.1, -0.05) is 23.2 Å². The van der Waals surface area contributed by atoms with Gasteiger partial charge in [-0.3, -0.25) is 4.79 Å². The molecule has 0 bridgehead atoms. The summed E-state index contributed by atoms with van der Waals surface area (Å²) >= 11 is 12.5. The molecule has 3 rings (SSSR count). The molecule has 0 aromatic heterocycles. The Hall–Kier alpha value is -0.970. The molecule has 2 aliphatic heterocycles. The maximum Gasteiger partial charge on any atom is 0.239 e. The van der Waals surface area contributed by atoms with Crippen LogP contribution in [0.4, 0.5) is 0 Å². The fraction of sp³-hybridized carbons (Fsp3) is 0.533. The molecule has 1 aromatic rings. The summed E-state index contributed by atoms with van der Waals surface area (Å²) in [6.07, 6.45) is 0.877. The van der Waals surface area contributed by atoms with Crippen LogP contribution in [0.2, 0.25) is 10.0 Å². The number of nitrogens with one attached hydrogen (secondary N) is 1. The third-order valence-corrected chi connectivity index (χ3v) is 5.27. The highest BCUT2D eigenvalue weighted by Crippen LogP contribution is 2.43. The van der Waals surface area contributed by atoms with Crippen LogP contribution >= 0.6 is 23.2 Å². The molecule has 0 aliphatic carbocycles. The minimum absolute atomic E-state index is 0.114. The molecule has 21 heavy (non-hydrogen) atoms. The van der Waals surface area contributed by atoms with Crippen molar-refractivity contribution >= 4 is 29.1 Å². The average Bonchev–Trinajstić information content (AvgIpc) is 2.90. The van der Waals surface area contributed by atoms with Crippen molar-refractivity contribution in [2.75, 3.05) is 20.2 Å². The number of hydrogen-bond acceptors (Lipinski definition) is 3. The molecular weight excluding hydrogens is 311 g/mol. The van der Waals surface area contributed by atoms with Gasteiger partial charge < -0.3 is 15.0 Å². The van der Waals surface area contributed by atoms with Crippen molar-refractivity contribution in [3.8, 4) is 5.75 Å². The van der Waals surface area contributed by atoms with E-state index in [2.05, 4.69) is 5.32 Å². The average molecular weight is 329 g/mol. The third-order valence-electron chi connectivity index (χ3n) is 4.45. The molecule has 0 spiro atoms. The molecule has 4 nitrogen and oxygen atoms in total. The van der Waals surface area contributed by atoms with Gasteiger partial charge >= 0.3 is 0 Å². The SMILES string of the molecule is COc1ccc(Cl)c(Cl)c1[C@H]1C[C@H]2CN[C@@H](C)C(=O)N2C1. The zero-order valence-electron chi connectivity index (χ0n) is 12.0. The lowest BCUT2D eigenvalue weighted by atomic mass is 9.95. The summed E-state index contributed by atoms with van der Waals surface area (Å²) in [5.41, 5.74) is 0.918. The molecule has 1 amide bonds. The smallest absolute Gasteiger partial charge is 0.239 e. The number of methoxy groups -OCH3 is 1. The highest BCUT2D eigenvalue weighted by Gasteiger charge is 2.42. The fourth-order valence-electron chi connectivity index (χ4n) is 3.35. The zero-order chi connectivity index (χ0) is 15.1. The largest absolute Gasteiger partial charge is 0.496 e. The number of hydrogen-bond donors (Lipinski definition) is 1. The van der Waals surface area contributed by atoms with E-state index in [1.807, 2.05) is 17.9 Å². The summed E-state index contributed by atoms with van der Waals surface area (Å²) in [6, 6.07) is 3.68. The summed E-state index contributed by atoms with van der Waals surface area (Å²) < 4.78 is 5.43. The van der Waals surface area contributed by atoms with E-state index in [-0.39, 0.29) is 23.9 Å². The highest BCUT2D eigenvalue weighted by atomic mass is 35.5. The minimum atomic E-state index is -0.114. The van der Waals surface area contributed by atoms with Gasteiger partial charge in [0.25, 0.3) is 0 Å².